The zero-order valence-corrected chi connectivity index (χ0v) is 6.07. The SMILES string of the molecule is Nc1cc(Br)[c]cc1F. The number of halogens is 2. The fourth-order valence-electron chi connectivity index (χ4n) is 0.463. The number of nitrogens with two attached hydrogens (primary N) is 1. The molecule has 0 aliphatic rings. The van der Waals surface area contributed by atoms with E-state index in [0.717, 1.165) is 0 Å². The van der Waals surface area contributed by atoms with Gasteiger partial charge in [0.05, 0.1) is 5.69 Å². The van der Waals surface area contributed by atoms with E-state index in [-0.39, 0.29) is 5.69 Å². The van der Waals surface area contributed by atoms with E-state index in [1.54, 1.807) is 0 Å². The summed E-state index contributed by atoms with van der Waals surface area (Å²) >= 11 is 3.09. The molecule has 0 bridgehead atoms. The average Bonchev–Trinajstić information content (AvgIpc) is 1.80. The highest BCUT2D eigenvalue weighted by atomic mass is 79.9. The number of rotatable bonds is 0. The van der Waals surface area contributed by atoms with Gasteiger partial charge in [0, 0.05) is 10.5 Å². The van der Waals surface area contributed by atoms with Crippen molar-refractivity contribution >= 4 is 21.6 Å². The Kier molecular flexibility index (Phi) is 1.71. The van der Waals surface area contributed by atoms with Crippen molar-refractivity contribution in [3.8, 4) is 0 Å². The predicted octanol–water partition coefficient (Wildman–Crippen LogP) is 1.97. The van der Waals surface area contributed by atoms with Gasteiger partial charge in [-0.15, -0.1) is 0 Å². The second kappa shape index (κ2) is 2.35. The lowest BCUT2D eigenvalue weighted by molar-refractivity contribution is 0.632. The van der Waals surface area contributed by atoms with Gasteiger partial charge in [0.15, 0.2) is 0 Å². The summed E-state index contributed by atoms with van der Waals surface area (Å²) in [5.74, 6) is -0.432. The molecule has 0 fully saturated rings. The summed E-state index contributed by atoms with van der Waals surface area (Å²) < 4.78 is 13.0. The minimum Gasteiger partial charge on any atom is -0.396 e. The van der Waals surface area contributed by atoms with E-state index >= 15 is 0 Å². The maximum atomic E-state index is 12.3. The first-order chi connectivity index (χ1) is 4.20. The number of benzene rings is 1. The molecule has 0 heterocycles. The molecule has 0 unspecified atom stereocenters. The number of nitrogen functional groups attached to an aromatic ring is 1. The van der Waals surface area contributed by atoms with Gasteiger partial charge < -0.3 is 5.73 Å². The molecular weight excluding hydrogens is 185 g/mol. The monoisotopic (exact) mass is 188 g/mol. The Morgan fingerprint density at radius 3 is 2.78 bits per heavy atom. The highest BCUT2D eigenvalue weighted by molar-refractivity contribution is 9.10. The molecule has 0 saturated carbocycles. The Morgan fingerprint density at radius 2 is 2.33 bits per heavy atom. The van der Waals surface area contributed by atoms with Crippen LogP contribution in [0.2, 0.25) is 0 Å². The van der Waals surface area contributed by atoms with Gasteiger partial charge in [-0.1, -0.05) is 15.9 Å². The second-order valence-corrected chi connectivity index (χ2v) is 2.44. The van der Waals surface area contributed by atoms with Crippen molar-refractivity contribution in [3.63, 3.8) is 0 Å². The predicted molar refractivity (Wildman–Crippen MR) is 37.3 cm³/mol. The van der Waals surface area contributed by atoms with Gasteiger partial charge in [0.1, 0.15) is 5.82 Å². The number of hydrogen-bond acceptors (Lipinski definition) is 1. The van der Waals surface area contributed by atoms with Crippen LogP contribution in [0.1, 0.15) is 0 Å². The second-order valence-electron chi connectivity index (χ2n) is 1.58. The number of hydrogen-bond donors (Lipinski definition) is 1. The molecule has 9 heavy (non-hydrogen) atoms. The standard InChI is InChI=1S/C6H4BrFN/c7-4-1-2-5(8)6(9)3-4/h2-3H,9H2. The Balaban J connectivity index is 3.17. The normalized spacial score (nSPS) is 9.56. The van der Waals surface area contributed by atoms with Crippen molar-refractivity contribution in [2.24, 2.45) is 0 Å². The van der Waals surface area contributed by atoms with Crippen molar-refractivity contribution in [2.45, 2.75) is 0 Å². The molecule has 0 aliphatic heterocycles. The Hall–Kier alpha value is -0.570. The van der Waals surface area contributed by atoms with Gasteiger partial charge >= 0.3 is 0 Å². The zero-order chi connectivity index (χ0) is 6.85. The van der Waals surface area contributed by atoms with E-state index in [0.29, 0.717) is 4.47 Å². The average molecular weight is 189 g/mol. The molecule has 1 aromatic rings. The Morgan fingerprint density at radius 1 is 1.67 bits per heavy atom. The third kappa shape index (κ3) is 1.42. The fraction of sp³-hybridized carbons (Fsp3) is 0. The molecule has 1 rings (SSSR count). The molecule has 0 aliphatic carbocycles. The van der Waals surface area contributed by atoms with Crippen LogP contribution in [0.25, 0.3) is 0 Å². The number of anilines is 1. The van der Waals surface area contributed by atoms with Crippen LogP contribution in [0.3, 0.4) is 0 Å². The van der Waals surface area contributed by atoms with E-state index in [1.807, 2.05) is 0 Å². The fourth-order valence-corrected chi connectivity index (χ4v) is 0.824. The summed E-state index contributed by atoms with van der Waals surface area (Å²) in [6.07, 6.45) is 0. The van der Waals surface area contributed by atoms with E-state index in [4.69, 9.17) is 5.73 Å². The van der Waals surface area contributed by atoms with E-state index < -0.39 is 5.82 Å². The van der Waals surface area contributed by atoms with Crippen molar-refractivity contribution in [2.75, 3.05) is 5.73 Å². The smallest absolute Gasteiger partial charge is 0.146 e. The molecule has 3 heteroatoms. The summed E-state index contributed by atoms with van der Waals surface area (Å²) in [6, 6.07) is 5.26. The molecule has 0 spiro atoms. The van der Waals surface area contributed by atoms with E-state index in [1.165, 1.54) is 12.1 Å². The van der Waals surface area contributed by atoms with Crippen LogP contribution in [0.5, 0.6) is 0 Å². The first-order valence-electron chi connectivity index (χ1n) is 2.32. The van der Waals surface area contributed by atoms with Crippen LogP contribution in [0.4, 0.5) is 10.1 Å². The maximum Gasteiger partial charge on any atom is 0.146 e. The minimum atomic E-state index is -0.432. The molecule has 2 N–H and O–H groups in total. The molecule has 1 aromatic carbocycles. The highest BCUT2D eigenvalue weighted by Gasteiger charge is 1.95. The molecular formula is C6H4BrFN. The molecule has 0 saturated heterocycles. The quantitative estimate of drug-likeness (QED) is 0.620. The van der Waals surface area contributed by atoms with Crippen LogP contribution >= 0.6 is 15.9 Å². The minimum absolute atomic E-state index is 0.139. The van der Waals surface area contributed by atoms with Crippen LogP contribution in [-0.2, 0) is 0 Å². The van der Waals surface area contributed by atoms with Crippen molar-refractivity contribution < 1.29 is 4.39 Å². The summed E-state index contributed by atoms with van der Waals surface area (Å²) in [4.78, 5) is 0. The molecule has 0 atom stereocenters. The Bertz CT molecular complexity index is 224. The molecule has 0 amide bonds. The van der Waals surface area contributed by atoms with Crippen LogP contribution in [0, 0.1) is 11.9 Å². The summed E-state index contributed by atoms with van der Waals surface area (Å²) in [6.45, 7) is 0. The largest absolute Gasteiger partial charge is 0.396 e. The topological polar surface area (TPSA) is 26.0 Å². The third-order valence-electron chi connectivity index (χ3n) is 0.895. The van der Waals surface area contributed by atoms with Gasteiger partial charge in [0.2, 0.25) is 0 Å². The van der Waals surface area contributed by atoms with Crippen molar-refractivity contribution in [3.05, 3.63) is 28.5 Å². The van der Waals surface area contributed by atoms with Gasteiger partial charge in [-0.05, 0) is 12.1 Å². The van der Waals surface area contributed by atoms with Gasteiger partial charge in [-0.3, -0.25) is 0 Å². The van der Waals surface area contributed by atoms with E-state index in [2.05, 4.69) is 22.0 Å². The van der Waals surface area contributed by atoms with Crippen LogP contribution in [-0.4, -0.2) is 0 Å². The molecule has 0 aromatic heterocycles. The van der Waals surface area contributed by atoms with Gasteiger partial charge in [0.25, 0.3) is 0 Å². The van der Waals surface area contributed by atoms with Crippen LogP contribution in [0.15, 0.2) is 16.6 Å². The highest BCUT2D eigenvalue weighted by Crippen LogP contribution is 2.15. The summed E-state index contributed by atoms with van der Waals surface area (Å²) in [5.41, 5.74) is 5.34. The Labute approximate surface area is 60.8 Å². The first-order valence-corrected chi connectivity index (χ1v) is 3.11. The lowest BCUT2D eigenvalue weighted by Crippen LogP contribution is -1.88. The van der Waals surface area contributed by atoms with Gasteiger partial charge in [-0.2, -0.15) is 0 Å². The van der Waals surface area contributed by atoms with Crippen LogP contribution < -0.4 is 5.73 Å². The summed E-state index contributed by atoms with van der Waals surface area (Å²) in [5, 5.41) is 0. The zero-order valence-electron chi connectivity index (χ0n) is 4.49. The third-order valence-corrected chi connectivity index (χ3v) is 1.35. The first kappa shape index (κ1) is 6.55. The molecule has 47 valence electrons. The van der Waals surface area contributed by atoms with Gasteiger partial charge in [-0.25, -0.2) is 4.39 Å². The van der Waals surface area contributed by atoms with E-state index in [9.17, 15) is 4.39 Å². The lowest BCUT2D eigenvalue weighted by Gasteiger charge is -1.93. The summed E-state index contributed by atoms with van der Waals surface area (Å²) in [7, 11) is 0. The van der Waals surface area contributed by atoms with Crippen molar-refractivity contribution in [1.29, 1.82) is 0 Å². The maximum absolute atomic E-state index is 12.3. The molecule has 1 radical (unpaired) electrons. The lowest BCUT2D eigenvalue weighted by atomic mass is 10.3. The van der Waals surface area contributed by atoms with Crippen molar-refractivity contribution in [1.82, 2.24) is 0 Å². The molecule has 1 nitrogen and oxygen atoms in total.